The average Bonchev–Trinajstić information content (AvgIpc) is 3.33. The first-order valence-corrected chi connectivity index (χ1v) is 8.79. The van der Waals surface area contributed by atoms with E-state index in [0.717, 1.165) is 11.5 Å². The van der Waals surface area contributed by atoms with Gasteiger partial charge in [0.15, 0.2) is 0 Å². The zero-order valence-corrected chi connectivity index (χ0v) is 14.9. The van der Waals surface area contributed by atoms with Crippen molar-refractivity contribution in [3.8, 4) is 11.4 Å². The fourth-order valence-corrected chi connectivity index (χ4v) is 3.31. The summed E-state index contributed by atoms with van der Waals surface area (Å²) >= 11 is 0. The molecule has 0 saturated carbocycles. The first-order chi connectivity index (χ1) is 13.1. The standard InChI is InChI=1S/C18H21N7O2/c1-24-7-2-3-15(24)13-9-14(23-22-13)18(27)21-12-4-8-25(11-16(12)26)17-10-19-5-6-20-17/h2-3,5-7,9-10,12,16,26H,4,8,11H2,1H3,(H,21,27)(H,22,23)/t12-,16-/m1/s1. The molecule has 0 aliphatic carbocycles. The molecule has 3 aromatic heterocycles. The van der Waals surface area contributed by atoms with Crippen molar-refractivity contribution in [2.75, 3.05) is 18.0 Å². The maximum Gasteiger partial charge on any atom is 0.269 e. The molecule has 0 aromatic carbocycles. The number of nitrogens with one attached hydrogen (secondary N) is 2. The number of aliphatic hydroxyl groups excluding tert-OH is 1. The smallest absolute Gasteiger partial charge is 0.269 e. The number of aromatic nitrogens is 5. The summed E-state index contributed by atoms with van der Waals surface area (Å²) < 4.78 is 1.93. The maximum absolute atomic E-state index is 12.5. The van der Waals surface area contributed by atoms with Crippen LogP contribution in [0.3, 0.4) is 0 Å². The van der Waals surface area contributed by atoms with Crippen molar-refractivity contribution < 1.29 is 9.90 Å². The third kappa shape index (κ3) is 3.54. The fraction of sp³-hybridized carbons (Fsp3) is 0.333. The predicted octanol–water partition coefficient (Wildman–Crippen LogP) is 0.575. The molecule has 3 aromatic rings. The second-order valence-corrected chi connectivity index (χ2v) is 6.62. The number of aliphatic hydroxyl groups is 1. The molecule has 1 fully saturated rings. The number of piperidine rings is 1. The molecule has 0 spiro atoms. The van der Waals surface area contributed by atoms with Crippen molar-refractivity contribution in [3.63, 3.8) is 0 Å². The van der Waals surface area contributed by atoms with E-state index in [4.69, 9.17) is 0 Å². The topological polar surface area (TPSA) is 112 Å². The number of amides is 1. The highest BCUT2D eigenvalue weighted by atomic mass is 16.3. The Kier molecular flexibility index (Phi) is 4.59. The molecular weight excluding hydrogens is 346 g/mol. The number of carbonyl (C=O) groups is 1. The molecule has 4 rings (SSSR count). The Morgan fingerprint density at radius 3 is 3.00 bits per heavy atom. The van der Waals surface area contributed by atoms with Crippen LogP contribution < -0.4 is 10.2 Å². The van der Waals surface area contributed by atoms with Crippen molar-refractivity contribution in [3.05, 3.63) is 48.7 Å². The molecular formula is C18H21N7O2. The van der Waals surface area contributed by atoms with Crippen LogP contribution in [0.1, 0.15) is 16.9 Å². The normalized spacial score (nSPS) is 19.9. The fourth-order valence-electron chi connectivity index (χ4n) is 3.31. The largest absolute Gasteiger partial charge is 0.389 e. The Balaban J connectivity index is 1.39. The molecule has 2 atom stereocenters. The van der Waals surface area contributed by atoms with Gasteiger partial charge in [-0.05, 0) is 24.6 Å². The summed E-state index contributed by atoms with van der Waals surface area (Å²) in [7, 11) is 1.92. The van der Waals surface area contributed by atoms with E-state index in [-0.39, 0.29) is 11.9 Å². The minimum absolute atomic E-state index is 0.278. The summed E-state index contributed by atoms with van der Waals surface area (Å²) in [4.78, 5) is 22.8. The Hall–Kier alpha value is -3.20. The van der Waals surface area contributed by atoms with E-state index in [1.807, 2.05) is 34.8 Å². The first kappa shape index (κ1) is 17.2. The second kappa shape index (κ2) is 7.20. The molecule has 1 aliphatic rings. The van der Waals surface area contributed by atoms with Crippen LogP contribution in [0.25, 0.3) is 11.4 Å². The van der Waals surface area contributed by atoms with Gasteiger partial charge in [-0.15, -0.1) is 0 Å². The van der Waals surface area contributed by atoms with Gasteiger partial charge in [-0.2, -0.15) is 5.10 Å². The predicted molar refractivity (Wildman–Crippen MR) is 99.1 cm³/mol. The molecule has 1 aliphatic heterocycles. The van der Waals surface area contributed by atoms with Crippen LogP contribution in [-0.2, 0) is 7.05 Å². The summed E-state index contributed by atoms with van der Waals surface area (Å²) in [6, 6.07) is 5.24. The molecule has 3 N–H and O–H groups in total. The van der Waals surface area contributed by atoms with Gasteiger partial charge in [0.2, 0.25) is 0 Å². The van der Waals surface area contributed by atoms with Crippen LogP contribution in [0.4, 0.5) is 5.82 Å². The highest BCUT2D eigenvalue weighted by Gasteiger charge is 2.30. The highest BCUT2D eigenvalue weighted by molar-refractivity contribution is 5.93. The minimum atomic E-state index is -0.694. The number of hydrogen-bond acceptors (Lipinski definition) is 6. The number of aromatic amines is 1. The lowest BCUT2D eigenvalue weighted by Gasteiger charge is -2.36. The van der Waals surface area contributed by atoms with Gasteiger partial charge in [-0.25, -0.2) is 4.98 Å². The lowest BCUT2D eigenvalue weighted by atomic mass is 10.0. The van der Waals surface area contributed by atoms with Crippen molar-refractivity contribution in [1.82, 2.24) is 30.0 Å². The number of H-pyrrole nitrogens is 1. The van der Waals surface area contributed by atoms with Crippen molar-refractivity contribution in [2.24, 2.45) is 7.05 Å². The Morgan fingerprint density at radius 2 is 2.30 bits per heavy atom. The average molecular weight is 367 g/mol. The van der Waals surface area contributed by atoms with Gasteiger partial charge in [-0.3, -0.25) is 14.9 Å². The molecule has 0 unspecified atom stereocenters. The summed E-state index contributed by atoms with van der Waals surface area (Å²) in [6.45, 7) is 1.07. The molecule has 1 amide bonds. The van der Waals surface area contributed by atoms with Gasteiger partial charge in [0.25, 0.3) is 5.91 Å². The summed E-state index contributed by atoms with van der Waals surface area (Å²) in [5.74, 6) is 0.446. The van der Waals surface area contributed by atoms with Gasteiger partial charge < -0.3 is 19.9 Å². The van der Waals surface area contributed by atoms with Gasteiger partial charge in [-0.1, -0.05) is 0 Å². The van der Waals surface area contributed by atoms with Gasteiger partial charge >= 0.3 is 0 Å². The van der Waals surface area contributed by atoms with Crippen LogP contribution in [0, 0.1) is 0 Å². The zero-order chi connectivity index (χ0) is 18.8. The number of carbonyl (C=O) groups excluding carboxylic acids is 1. The van der Waals surface area contributed by atoms with E-state index in [1.165, 1.54) is 0 Å². The lowest BCUT2D eigenvalue weighted by molar-refractivity contribution is 0.0793. The van der Waals surface area contributed by atoms with Crippen molar-refractivity contribution in [2.45, 2.75) is 18.6 Å². The molecule has 1 saturated heterocycles. The summed E-state index contributed by atoms with van der Waals surface area (Å²) in [5, 5.41) is 20.3. The SMILES string of the molecule is Cn1cccc1-c1cc(C(=O)N[C@@H]2CCN(c3cnccn3)C[C@H]2O)[nH]n1. The van der Waals surface area contributed by atoms with Crippen LogP contribution in [0.5, 0.6) is 0 Å². The Bertz CT molecular complexity index is 921. The van der Waals surface area contributed by atoms with E-state index >= 15 is 0 Å². The van der Waals surface area contributed by atoms with E-state index in [9.17, 15) is 9.90 Å². The minimum Gasteiger partial charge on any atom is -0.389 e. The quantitative estimate of drug-likeness (QED) is 0.622. The molecule has 4 heterocycles. The number of nitrogens with zero attached hydrogens (tertiary/aromatic N) is 5. The molecule has 0 radical (unpaired) electrons. The van der Waals surface area contributed by atoms with Gasteiger partial charge in [0, 0.05) is 38.7 Å². The molecule has 27 heavy (non-hydrogen) atoms. The zero-order valence-electron chi connectivity index (χ0n) is 14.9. The molecule has 9 heteroatoms. The lowest BCUT2D eigenvalue weighted by Crippen LogP contribution is -2.54. The third-order valence-corrected chi connectivity index (χ3v) is 4.80. The number of hydrogen-bond donors (Lipinski definition) is 3. The molecule has 140 valence electrons. The number of rotatable bonds is 4. The molecule has 9 nitrogen and oxygen atoms in total. The number of anilines is 1. The van der Waals surface area contributed by atoms with Gasteiger partial charge in [0.1, 0.15) is 17.2 Å². The monoisotopic (exact) mass is 367 g/mol. The van der Waals surface area contributed by atoms with E-state index < -0.39 is 6.10 Å². The number of aryl methyl sites for hydroxylation is 1. The van der Waals surface area contributed by atoms with E-state index in [0.29, 0.717) is 30.9 Å². The van der Waals surface area contributed by atoms with Crippen LogP contribution in [0.2, 0.25) is 0 Å². The van der Waals surface area contributed by atoms with E-state index in [2.05, 4.69) is 25.5 Å². The molecule has 0 bridgehead atoms. The highest BCUT2D eigenvalue weighted by Crippen LogP contribution is 2.19. The summed E-state index contributed by atoms with van der Waals surface area (Å²) in [6.07, 6.45) is 6.74. The second-order valence-electron chi connectivity index (χ2n) is 6.62. The first-order valence-electron chi connectivity index (χ1n) is 8.79. The Labute approximate surface area is 156 Å². The Morgan fingerprint density at radius 1 is 1.41 bits per heavy atom. The van der Waals surface area contributed by atoms with E-state index in [1.54, 1.807) is 24.7 Å². The van der Waals surface area contributed by atoms with Crippen LogP contribution in [0.15, 0.2) is 43.0 Å². The maximum atomic E-state index is 12.5. The van der Waals surface area contributed by atoms with Crippen LogP contribution in [-0.4, -0.2) is 61.0 Å². The number of β-amino-alcohol motifs (C(OH)–C–C–N with tert-alkyl or cyclic N) is 1. The van der Waals surface area contributed by atoms with Gasteiger partial charge in [0.05, 0.1) is 24.0 Å². The van der Waals surface area contributed by atoms with Crippen molar-refractivity contribution >= 4 is 11.7 Å². The summed E-state index contributed by atoms with van der Waals surface area (Å²) in [5.41, 5.74) is 1.99. The van der Waals surface area contributed by atoms with Crippen LogP contribution >= 0.6 is 0 Å². The third-order valence-electron chi connectivity index (χ3n) is 4.80. The van der Waals surface area contributed by atoms with Crippen molar-refractivity contribution in [1.29, 1.82) is 0 Å².